The van der Waals surface area contributed by atoms with Crippen LogP contribution in [-0.4, -0.2) is 5.16 Å². The van der Waals surface area contributed by atoms with E-state index in [2.05, 4.69) is 46.2 Å². The number of nitrogens with zero attached hydrogens (tertiary/aromatic N) is 1. The van der Waals surface area contributed by atoms with E-state index in [1.54, 1.807) is 0 Å². The average molecular weight is 349 g/mol. The topological polar surface area (TPSA) is 12.4 Å². The van der Waals surface area contributed by atoms with Gasteiger partial charge in [0.2, 0.25) is 0 Å². The normalized spacial score (nSPS) is 12.7. The summed E-state index contributed by atoms with van der Waals surface area (Å²) < 4.78 is 28.1. The summed E-state index contributed by atoms with van der Waals surface area (Å²) in [6, 6.07) is 12.4. The van der Waals surface area contributed by atoms with E-state index in [4.69, 9.17) is 0 Å². The molecule has 25 heavy (non-hydrogen) atoms. The maximum Gasteiger partial charge on any atom is 0.143 e. The standard InChI is InChI=1S/C21H13F2NS/c22-20-12-16(10-11-24-14-25)13-21(23)19(20)9-6-15-4-7-18(8-5-15)17-2-1-3-17/h4-5,7-8,12-13,17H,1-3H2. The Balaban J connectivity index is 1.82. The van der Waals surface area contributed by atoms with E-state index in [0.29, 0.717) is 5.92 Å². The molecule has 0 saturated heterocycles. The lowest BCUT2D eigenvalue weighted by Crippen LogP contribution is -2.08. The molecule has 0 bridgehead atoms. The summed E-state index contributed by atoms with van der Waals surface area (Å²) in [4.78, 5) is 3.39. The molecule has 1 fully saturated rings. The molecule has 1 aliphatic carbocycles. The molecule has 0 unspecified atom stereocenters. The van der Waals surface area contributed by atoms with E-state index >= 15 is 0 Å². The number of benzene rings is 2. The molecule has 1 aliphatic rings. The summed E-state index contributed by atoms with van der Waals surface area (Å²) in [5.41, 5.74) is 1.92. The van der Waals surface area contributed by atoms with Gasteiger partial charge in [-0.1, -0.05) is 30.4 Å². The minimum atomic E-state index is -0.755. The van der Waals surface area contributed by atoms with Crippen molar-refractivity contribution in [1.29, 1.82) is 0 Å². The minimum Gasteiger partial charge on any atom is -0.205 e. The number of halogens is 2. The SMILES string of the molecule is Fc1cc(C#CN=C=S)cc(F)c1C#Cc1ccc(C2CCC2)cc1. The number of hydrogen-bond donors (Lipinski definition) is 0. The van der Waals surface area contributed by atoms with E-state index in [1.165, 1.54) is 24.8 Å². The van der Waals surface area contributed by atoms with Crippen molar-refractivity contribution in [3.8, 4) is 23.8 Å². The highest BCUT2D eigenvalue weighted by molar-refractivity contribution is 7.78. The fraction of sp³-hybridized carbons (Fsp3) is 0.190. The summed E-state index contributed by atoms with van der Waals surface area (Å²) in [7, 11) is 0. The van der Waals surface area contributed by atoms with Crippen LogP contribution in [0.25, 0.3) is 0 Å². The molecule has 1 saturated carbocycles. The van der Waals surface area contributed by atoms with E-state index in [0.717, 1.165) is 17.7 Å². The molecule has 0 spiro atoms. The molecule has 0 atom stereocenters. The lowest BCUT2D eigenvalue weighted by Gasteiger charge is -2.25. The molecule has 0 aliphatic heterocycles. The van der Waals surface area contributed by atoms with Crippen LogP contribution in [0, 0.1) is 35.4 Å². The zero-order valence-corrected chi connectivity index (χ0v) is 14.1. The number of isothiocyanates is 1. The first-order valence-corrected chi connectivity index (χ1v) is 8.27. The average Bonchev–Trinajstić information content (AvgIpc) is 2.54. The van der Waals surface area contributed by atoms with Crippen LogP contribution in [0.1, 0.15) is 47.4 Å². The number of hydrogen-bond acceptors (Lipinski definition) is 2. The van der Waals surface area contributed by atoms with Crippen LogP contribution in [0.3, 0.4) is 0 Å². The van der Waals surface area contributed by atoms with Gasteiger partial charge < -0.3 is 0 Å². The molecular weight excluding hydrogens is 336 g/mol. The van der Waals surface area contributed by atoms with Crippen molar-refractivity contribution in [2.24, 2.45) is 4.99 Å². The van der Waals surface area contributed by atoms with Crippen molar-refractivity contribution >= 4 is 17.4 Å². The van der Waals surface area contributed by atoms with Crippen LogP contribution in [0.5, 0.6) is 0 Å². The Hall–Kier alpha value is -2.78. The summed E-state index contributed by atoms with van der Waals surface area (Å²) in [6.45, 7) is 0. The van der Waals surface area contributed by atoms with Gasteiger partial charge in [0.1, 0.15) is 11.6 Å². The first kappa shape index (κ1) is 17.1. The smallest absolute Gasteiger partial charge is 0.143 e. The van der Waals surface area contributed by atoms with Crippen LogP contribution >= 0.6 is 12.2 Å². The predicted molar refractivity (Wildman–Crippen MR) is 97.3 cm³/mol. The van der Waals surface area contributed by atoms with Gasteiger partial charge >= 0.3 is 0 Å². The highest BCUT2D eigenvalue weighted by Crippen LogP contribution is 2.36. The maximum atomic E-state index is 14.1. The molecule has 0 radical (unpaired) electrons. The molecular formula is C21H13F2NS. The van der Waals surface area contributed by atoms with Crippen LogP contribution < -0.4 is 0 Å². The highest BCUT2D eigenvalue weighted by atomic mass is 32.1. The third kappa shape index (κ3) is 4.20. The van der Waals surface area contributed by atoms with E-state index < -0.39 is 11.6 Å². The van der Waals surface area contributed by atoms with Crippen LogP contribution in [0.2, 0.25) is 0 Å². The van der Waals surface area contributed by atoms with Crippen LogP contribution in [0.4, 0.5) is 8.78 Å². The first-order chi connectivity index (χ1) is 12.2. The van der Waals surface area contributed by atoms with Gasteiger partial charge in [-0.15, -0.1) is 4.99 Å². The Labute approximate surface area is 150 Å². The van der Waals surface area contributed by atoms with E-state index in [-0.39, 0.29) is 11.1 Å². The van der Waals surface area contributed by atoms with Crippen molar-refractivity contribution < 1.29 is 8.78 Å². The van der Waals surface area contributed by atoms with Crippen molar-refractivity contribution in [2.45, 2.75) is 25.2 Å². The molecule has 4 heteroatoms. The van der Waals surface area contributed by atoms with Crippen LogP contribution in [-0.2, 0) is 0 Å². The summed E-state index contributed by atoms with van der Waals surface area (Å²) in [5.74, 6) is 6.99. The summed E-state index contributed by atoms with van der Waals surface area (Å²) in [6.07, 6.45) is 3.74. The lowest BCUT2D eigenvalue weighted by molar-refractivity contribution is 0.420. The maximum absolute atomic E-state index is 14.1. The van der Waals surface area contributed by atoms with Gasteiger partial charge in [0.05, 0.1) is 16.8 Å². The van der Waals surface area contributed by atoms with Crippen molar-refractivity contribution in [1.82, 2.24) is 0 Å². The molecule has 0 N–H and O–H groups in total. The molecule has 0 amide bonds. The van der Waals surface area contributed by atoms with Crippen LogP contribution in [0.15, 0.2) is 41.4 Å². The number of thiocarbonyl (C=S) groups is 1. The molecule has 2 aromatic rings. The molecule has 0 heterocycles. The molecule has 2 aromatic carbocycles. The Morgan fingerprint density at radius 2 is 1.60 bits per heavy atom. The van der Waals surface area contributed by atoms with Crippen molar-refractivity contribution in [2.75, 3.05) is 0 Å². The first-order valence-electron chi connectivity index (χ1n) is 7.86. The Morgan fingerprint density at radius 1 is 0.920 bits per heavy atom. The lowest BCUT2D eigenvalue weighted by atomic mass is 9.80. The number of aliphatic imine (C=N–C) groups is 1. The third-order valence-corrected chi connectivity index (χ3v) is 4.25. The molecule has 3 rings (SSSR count). The van der Waals surface area contributed by atoms with Crippen molar-refractivity contribution in [3.05, 3.63) is 70.3 Å². The van der Waals surface area contributed by atoms with Gasteiger partial charge in [-0.05, 0) is 66.7 Å². The second-order valence-electron chi connectivity index (χ2n) is 5.75. The highest BCUT2D eigenvalue weighted by Gasteiger charge is 2.18. The Morgan fingerprint density at radius 3 is 2.16 bits per heavy atom. The largest absolute Gasteiger partial charge is 0.205 e. The second kappa shape index (κ2) is 7.86. The quantitative estimate of drug-likeness (QED) is 0.399. The molecule has 0 aromatic heterocycles. The fourth-order valence-electron chi connectivity index (χ4n) is 2.59. The fourth-order valence-corrected chi connectivity index (χ4v) is 2.64. The zero-order valence-electron chi connectivity index (χ0n) is 13.3. The van der Waals surface area contributed by atoms with Gasteiger partial charge in [0.25, 0.3) is 0 Å². The Kier molecular flexibility index (Phi) is 5.36. The van der Waals surface area contributed by atoms with E-state index in [9.17, 15) is 8.78 Å². The molecule has 122 valence electrons. The second-order valence-corrected chi connectivity index (χ2v) is 5.94. The van der Waals surface area contributed by atoms with Gasteiger partial charge in [0.15, 0.2) is 0 Å². The van der Waals surface area contributed by atoms with Gasteiger partial charge in [0, 0.05) is 11.1 Å². The Bertz CT molecular complexity index is 938. The number of rotatable bonds is 1. The van der Waals surface area contributed by atoms with Gasteiger partial charge in [-0.25, -0.2) is 8.78 Å². The summed E-state index contributed by atoms with van der Waals surface area (Å²) in [5, 5.41) is 2.06. The monoisotopic (exact) mass is 349 g/mol. The third-order valence-electron chi connectivity index (χ3n) is 4.16. The molecule has 1 nitrogen and oxygen atoms in total. The predicted octanol–water partition coefficient (Wildman–Crippen LogP) is 5.04. The van der Waals surface area contributed by atoms with Gasteiger partial charge in [-0.2, -0.15) is 0 Å². The van der Waals surface area contributed by atoms with E-state index in [1.807, 2.05) is 24.3 Å². The minimum absolute atomic E-state index is 0.166. The van der Waals surface area contributed by atoms with Crippen molar-refractivity contribution in [3.63, 3.8) is 0 Å². The van der Waals surface area contributed by atoms with Gasteiger partial charge in [-0.3, -0.25) is 0 Å². The zero-order chi connectivity index (χ0) is 17.6. The summed E-state index contributed by atoms with van der Waals surface area (Å²) >= 11 is 4.37.